The summed E-state index contributed by atoms with van der Waals surface area (Å²) in [5.41, 5.74) is 0.361. The molecule has 78 valence electrons. The fourth-order valence-electron chi connectivity index (χ4n) is 0.804. The molecule has 0 aliphatic heterocycles. The number of alkyl halides is 2. The van der Waals surface area contributed by atoms with Crippen molar-refractivity contribution >= 4 is 23.2 Å². The van der Waals surface area contributed by atoms with Gasteiger partial charge in [0, 0.05) is 0 Å². The molecule has 14 heavy (non-hydrogen) atoms. The standard InChI is InChI=1S/C8H7Cl2F2NO/c9-5-1-2-7(10)13-6(5)3-14-4-8(11)12/h1-2,8H,3-4H2. The van der Waals surface area contributed by atoms with Crippen molar-refractivity contribution in [1.82, 2.24) is 4.98 Å². The lowest BCUT2D eigenvalue weighted by molar-refractivity contribution is 0.00886. The number of nitrogens with zero attached hydrogens (tertiary/aromatic N) is 1. The number of hydrogen-bond acceptors (Lipinski definition) is 2. The molecule has 0 radical (unpaired) electrons. The highest BCUT2D eigenvalue weighted by Crippen LogP contribution is 2.17. The molecule has 0 bridgehead atoms. The second-order valence-corrected chi connectivity index (χ2v) is 3.26. The van der Waals surface area contributed by atoms with E-state index in [1.807, 2.05) is 0 Å². The highest BCUT2D eigenvalue weighted by molar-refractivity contribution is 6.32. The molecule has 1 heterocycles. The Bertz CT molecular complexity index is 309. The lowest BCUT2D eigenvalue weighted by atomic mass is 10.4. The van der Waals surface area contributed by atoms with Crippen LogP contribution in [-0.4, -0.2) is 18.0 Å². The van der Waals surface area contributed by atoms with Crippen molar-refractivity contribution in [3.8, 4) is 0 Å². The summed E-state index contributed by atoms with van der Waals surface area (Å²) in [5, 5.41) is 0.605. The number of rotatable bonds is 4. The van der Waals surface area contributed by atoms with Crippen LogP contribution in [-0.2, 0) is 11.3 Å². The Kier molecular flexibility index (Phi) is 4.51. The van der Waals surface area contributed by atoms with Crippen molar-refractivity contribution in [3.63, 3.8) is 0 Å². The number of pyridine rings is 1. The fourth-order valence-corrected chi connectivity index (χ4v) is 1.13. The van der Waals surface area contributed by atoms with Gasteiger partial charge in [0.15, 0.2) is 0 Å². The van der Waals surface area contributed by atoms with Crippen LogP contribution >= 0.6 is 23.2 Å². The first-order valence-electron chi connectivity index (χ1n) is 3.76. The minimum Gasteiger partial charge on any atom is -0.369 e. The molecule has 1 rings (SSSR count). The zero-order valence-electron chi connectivity index (χ0n) is 7.01. The van der Waals surface area contributed by atoms with E-state index in [9.17, 15) is 8.78 Å². The third kappa shape index (κ3) is 3.74. The summed E-state index contributed by atoms with van der Waals surface area (Å²) in [5.74, 6) is 0. The van der Waals surface area contributed by atoms with Gasteiger partial charge in [-0.2, -0.15) is 0 Å². The molecule has 1 aromatic heterocycles. The highest BCUT2D eigenvalue weighted by atomic mass is 35.5. The Balaban J connectivity index is 2.53. The Morgan fingerprint density at radius 3 is 2.71 bits per heavy atom. The molecule has 0 aromatic carbocycles. The Hall–Kier alpha value is -0.450. The van der Waals surface area contributed by atoms with Gasteiger partial charge in [0.1, 0.15) is 11.8 Å². The van der Waals surface area contributed by atoms with Crippen LogP contribution in [0, 0.1) is 0 Å². The summed E-state index contributed by atoms with van der Waals surface area (Å²) in [6.45, 7) is -0.700. The molecular weight excluding hydrogens is 235 g/mol. The van der Waals surface area contributed by atoms with Crippen LogP contribution in [0.5, 0.6) is 0 Å². The van der Waals surface area contributed by atoms with Crippen molar-refractivity contribution in [2.24, 2.45) is 0 Å². The second kappa shape index (κ2) is 5.44. The van der Waals surface area contributed by atoms with Gasteiger partial charge in [-0.05, 0) is 12.1 Å². The summed E-state index contributed by atoms with van der Waals surface area (Å²) < 4.78 is 28.1. The second-order valence-electron chi connectivity index (χ2n) is 2.47. The first-order chi connectivity index (χ1) is 6.59. The molecule has 1 aromatic rings. The van der Waals surface area contributed by atoms with Gasteiger partial charge in [-0.3, -0.25) is 0 Å². The molecule has 6 heteroatoms. The molecule has 0 aliphatic rings. The zero-order chi connectivity index (χ0) is 10.6. The van der Waals surface area contributed by atoms with Gasteiger partial charge in [0.25, 0.3) is 6.43 Å². The lowest BCUT2D eigenvalue weighted by Crippen LogP contribution is -2.05. The molecule has 0 amide bonds. The molecule has 0 fully saturated rings. The zero-order valence-corrected chi connectivity index (χ0v) is 8.53. The van der Waals surface area contributed by atoms with Gasteiger partial charge in [0.05, 0.1) is 17.3 Å². The molecule has 0 spiro atoms. The number of ether oxygens (including phenoxy) is 1. The van der Waals surface area contributed by atoms with E-state index in [1.165, 1.54) is 12.1 Å². The maximum absolute atomic E-state index is 11.7. The van der Waals surface area contributed by atoms with Gasteiger partial charge in [0.2, 0.25) is 0 Å². The van der Waals surface area contributed by atoms with Crippen LogP contribution in [0.15, 0.2) is 12.1 Å². The SMILES string of the molecule is FC(F)COCc1nc(Cl)ccc1Cl. The summed E-state index contributed by atoms with van der Waals surface area (Å²) in [6, 6.07) is 3.05. The third-order valence-corrected chi connectivity index (χ3v) is 1.92. The Labute approximate surface area is 89.8 Å². The average Bonchev–Trinajstić information content (AvgIpc) is 2.10. The largest absolute Gasteiger partial charge is 0.369 e. The van der Waals surface area contributed by atoms with Gasteiger partial charge < -0.3 is 4.74 Å². The topological polar surface area (TPSA) is 22.1 Å². The van der Waals surface area contributed by atoms with E-state index in [-0.39, 0.29) is 11.8 Å². The van der Waals surface area contributed by atoms with E-state index < -0.39 is 13.0 Å². The van der Waals surface area contributed by atoms with Gasteiger partial charge >= 0.3 is 0 Å². The van der Waals surface area contributed by atoms with Crippen LogP contribution in [0.25, 0.3) is 0 Å². The lowest BCUT2D eigenvalue weighted by Gasteiger charge is -2.04. The molecule has 0 atom stereocenters. The number of aromatic nitrogens is 1. The minimum absolute atomic E-state index is 0.0657. The molecule has 0 saturated carbocycles. The van der Waals surface area contributed by atoms with E-state index in [1.54, 1.807) is 0 Å². The number of hydrogen-bond donors (Lipinski definition) is 0. The summed E-state index contributed by atoms with van der Waals surface area (Å²) in [6.07, 6.45) is -2.49. The predicted molar refractivity (Wildman–Crippen MR) is 49.9 cm³/mol. The molecule has 0 unspecified atom stereocenters. The first kappa shape index (κ1) is 11.6. The van der Waals surface area contributed by atoms with Crippen LogP contribution in [0.4, 0.5) is 8.78 Å². The van der Waals surface area contributed by atoms with Crippen molar-refractivity contribution in [2.45, 2.75) is 13.0 Å². The molecular formula is C8H7Cl2F2NO. The molecule has 0 N–H and O–H groups in total. The molecule has 0 saturated heterocycles. The molecule has 2 nitrogen and oxygen atoms in total. The normalized spacial score (nSPS) is 10.9. The Morgan fingerprint density at radius 2 is 2.07 bits per heavy atom. The van der Waals surface area contributed by atoms with Crippen molar-refractivity contribution in [2.75, 3.05) is 6.61 Å². The average molecular weight is 242 g/mol. The van der Waals surface area contributed by atoms with Crippen molar-refractivity contribution in [1.29, 1.82) is 0 Å². The quantitative estimate of drug-likeness (QED) is 0.756. The van der Waals surface area contributed by atoms with Crippen LogP contribution < -0.4 is 0 Å². The van der Waals surface area contributed by atoms with Crippen LogP contribution in [0.1, 0.15) is 5.69 Å². The van der Waals surface area contributed by atoms with Gasteiger partial charge in [-0.25, -0.2) is 13.8 Å². The van der Waals surface area contributed by atoms with Gasteiger partial charge in [-0.1, -0.05) is 23.2 Å². The Morgan fingerprint density at radius 1 is 1.36 bits per heavy atom. The molecule has 0 aliphatic carbocycles. The summed E-state index contributed by atoms with van der Waals surface area (Å²) >= 11 is 11.3. The summed E-state index contributed by atoms with van der Waals surface area (Å²) in [4.78, 5) is 3.83. The van der Waals surface area contributed by atoms with E-state index in [4.69, 9.17) is 23.2 Å². The predicted octanol–water partition coefficient (Wildman–Crippen LogP) is 3.17. The third-order valence-electron chi connectivity index (χ3n) is 1.37. The fraction of sp³-hybridized carbons (Fsp3) is 0.375. The smallest absolute Gasteiger partial charge is 0.261 e. The summed E-state index contributed by atoms with van der Waals surface area (Å²) in [7, 11) is 0. The minimum atomic E-state index is -2.49. The van der Waals surface area contributed by atoms with Crippen LogP contribution in [0.2, 0.25) is 10.2 Å². The van der Waals surface area contributed by atoms with E-state index in [2.05, 4.69) is 9.72 Å². The van der Waals surface area contributed by atoms with E-state index in [0.717, 1.165) is 0 Å². The van der Waals surface area contributed by atoms with E-state index in [0.29, 0.717) is 10.7 Å². The highest BCUT2D eigenvalue weighted by Gasteiger charge is 2.06. The first-order valence-corrected chi connectivity index (χ1v) is 4.52. The van der Waals surface area contributed by atoms with Crippen molar-refractivity contribution in [3.05, 3.63) is 28.0 Å². The van der Waals surface area contributed by atoms with E-state index >= 15 is 0 Å². The maximum Gasteiger partial charge on any atom is 0.261 e. The van der Waals surface area contributed by atoms with Gasteiger partial charge in [-0.15, -0.1) is 0 Å². The maximum atomic E-state index is 11.7. The monoisotopic (exact) mass is 241 g/mol. The number of halogens is 4. The van der Waals surface area contributed by atoms with Crippen LogP contribution in [0.3, 0.4) is 0 Å². The van der Waals surface area contributed by atoms with Crippen molar-refractivity contribution < 1.29 is 13.5 Å².